The second-order valence-corrected chi connectivity index (χ2v) is 9.54. The fourth-order valence-electron chi connectivity index (χ4n) is 5.08. The Labute approximate surface area is 233 Å². The van der Waals surface area contributed by atoms with Gasteiger partial charge in [0.1, 0.15) is 18.2 Å². The van der Waals surface area contributed by atoms with Crippen molar-refractivity contribution in [1.29, 1.82) is 0 Å². The number of hydrogen-bond donors (Lipinski definition) is 0. The average molecular weight is 548 g/mol. The highest BCUT2D eigenvalue weighted by Crippen LogP contribution is 2.45. The van der Waals surface area contributed by atoms with E-state index in [0.29, 0.717) is 58.9 Å². The highest BCUT2D eigenvalue weighted by atomic mass is 16.5. The first-order valence-electron chi connectivity index (χ1n) is 12.9. The lowest BCUT2D eigenvalue weighted by Gasteiger charge is -2.30. The number of fused-ring (bicyclic) bond motifs is 3. The molecular weight excluding hydrogens is 514 g/mol. The molecule has 2 aliphatic heterocycles. The highest BCUT2D eigenvalue weighted by molar-refractivity contribution is 6.16. The number of hydrogen-bond acceptors (Lipinski definition) is 9. The van der Waals surface area contributed by atoms with Crippen LogP contribution in [0.15, 0.2) is 42.2 Å². The SMILES string of the molecule is COc1ccc(CCN2COc3cc(C)c4c(c3C2)O/C(=C/c2cc(OC)c(OC)c(OC)c2)C4=O)cc1OC. The zero-order chi connectivity index (χ0) is 28.4. The molecule has 9 heteroatoms. The predicted octanol–water partition coefficient (Wildman–Crippen LogP) is 5.05. The van der Waals surface area contributed by atoms with Crippen LogP contribution < -0.4 is 33.2 Å². The molecule has 0 saturated carbocycles. The lowest BCUT2D eigenvalue weighted by Crippen LogP contribution is -2.34. The molecule has 0 atom stereocenters. The van der Waals surface area contributed by atoms with Gasteiger partial charge in [0.25, 0.3) is 0 Å². The predicted molar refractivity (Wildman–Crippen MR) is 149 cm³/mol. The van der Waals surface area contributed by atoms with Gasteiger partial charge in [-0.2, -0.15) is 0 Å². The van der Waals surface area contributed by atoms with Crippen LogP contribution >= 0.6 is 0 Å². The van der Waals surface area contributed by atoms with Crippen molar-refractivity contribution in [1.82, 2.24) is 4.90 Å². The standard InChI is InChI=1S/C31H33NO8/c1-18-11-23-21(16-32(17-39-23)10-9-19-7-8-22(34-2)24(12-19)35-3)30-28(18)29(33)25(40-30)13-20-14-26(36-4)31(38-6)27(15-20)37-5/h7-8,11-15H,9-10,16-17H2,1-6H3/b25-13+. The number of nitrogens with zero attached hydrogens (tertiary/aromatic N) is 1. The number of aryl methyl sites for hydroxylation is 1. The molecule has 0 bridgehead atoms. The Morgan fingerprint density at radius 1 is 0.875 bits per heavy atom. The van der Waals surface area contributed by atoms with Crippen molar-refractivity contribution in [2.24, 2.45) is 0 Å². The van der Waals surface area contributed by atoms with Crippen LogP contribution in [0.3, 0.4) is 0 Å². The molecule has 0 spiro atoms. The molecule has 0 radical (unpaired) electrons. The summed E-state index contributed by atoms with van der Waals surface area (Å²) >= 11 is 0. The minimum Gasteiger partial charge on any atom is -0.493 e. The van der Waals surface area contributed by atoms with Gasteiger partial charge < -0.3 is 33.2 Å². The van der Waals surface area contributed by atoms with Gasteiger partial charge in [0, 0.05) is 13.1 Å². The third-order valence-electron chi connectivity index (χ3n) is 7.14. The van der Waals surface area contributed by atoms with Gasteiger partial charge in [-0.05, 0) is 66.4 Å². The normalized spacial score (nSPS) is 15.2. The Morgan fingerprint density at radius 3 is 2.23 bits per heavy atom. The summed E-state index contributed by atoms with van der Waals surface area (Å²) in [5.41, 5.74) is 4.04. The van der Waals surface area contributed by atoms with Crippen molar-refractivity contribution < 1.29 is 38.0 Å². The first-order chi connectivity index (χ1) is 19.4. The molecule has 2 heterocycles. The number of benzene rings is 3. The lowest BCUT2D eigenvalue weighted by molar-refractivity contribution is 0.0949. The van der Waals surface area contributed by atoms with Crippen LogP contribution in [-0.4, -0.2) is 59.5 Å². The molecule has 0 amide bonds. The van der Waals surface area contributed by atoms with Crippen molar-refractivity contribution >= 4 is 11.9 Å². The van der Waals surface area contributed by atoms with Crippen molar-refractivity contribution in [3.8, 4) is 40.2 Å². The Hall–Kier alpha value is -4.37. The smallest absolute Gasteiger partial charge is 0.232 e. The van der Waals surface area contributed by atoms with E-state index in [4.69, 9.17) is 33.2 Å². The van der Waals surface area contributed by atoms with E-state index in [1.54, 1.807) is 53.8 Å². The summed E-state index contributed by atoms with van der Waals surface area (Å²) in [6, 6.07) is 11.4. The van der Waals surface area contributed by atoms with E-state index in [9.17, 15) is 4.79 Å². The van der Waals surface area contributed by atoms with Crippen LogP contribution in [0.5, 0.6) is 40.2 Å². The third-order valence-corrected chi connectivity index (χ3v) is 7.14. The molecule has 0 saturated heterocycles. The zero-order valence-corrected chi connectivity index (χ0v) is 23.6. The van der Waals surface area contributed by atoms with E-state index in [1.165, 1.54) is 0 Å². The summed E-state index contributed by atoms with van der Waals surface area (Å²) in [6.45, 7) is 3.69. The topological polar surface area (TPSA) is 84.9 Å². The Bertz CT molecular complexity index is 1450. The maximum atomic E-state index is 13.5. The quantitative estimate of drug-likeness (QED) is 0.342. The number of carbonyl (C=O) groups excluding carboxylic acids is 1. The molecule has 5 rings (SSSR count). The Balaban J connectivity index is 1.39. The largest absolute Gasteiger partial charge is 0.493 e. The molecule has 3 aromatic rings. The third kappa shape index (κ3) is 5.00. The van der Waals surface area contributed by atoms with E-state index in [0.717, 1.165) is 35.4 Å². The van der Waals surface area contributed by atoms with Crippen LogP contribution in [-0.2, 0) is 13.0 Å². The van der Waals surface area contributed by atoms with Crippen LogP contribution in [0, 0.1) is 6.92 Å². The molecule has 0 N–H and O–H groups in total. The Kier molecular flexibility index (Phi) is 7.75. The number of ketones is 1. The minimum absolute atomic E-state index is 0.175. The summed E-state index contributed by atoms with van der Waals surface area (Å²) in [7, 11) is 7.90. The second-order valence-electron chi connectivity index (χ2n) is 9.54. The minimum atomic E-state index is -0.175. The number of ether oxygens (including phenoxy) is 7. The fraction of sp³-hybridized carbons (Fsp3) is 0.323. The molecule has 0 fully saturated rings. The number of rotatable bonds is 9. The summed E-state index contributed by atoms with van der Waals surface area (Å²) in [5.74, 6) is 4.19. The van der Waals surface area contributed by atoms with Crippen LogP contribution in [0.25, 0.3) is 6.08 Å². The van der Waals surface area contributed by atoms with Gasteiger partial charge in [0.2, 0.25) is 11.5 Å². The second kappa shape index (κ2) is 11.4. The van der Waals surface area contributed by atoms with Gasteiger partial charge >= 0.3 is 0 Å². The summed E-state index contributed by atoms with van der Waals surface area (Å²) < 4.78 is 39.5. The van der Waals surface area contributed by atoms with Crippen molar-refractivity contribution in [3.05, 3.63) is 70.0 Å². The van der Waals surface area contributed by atoms with Gasteiger partial charge in [-0.3, -0.25) is 9.69 Å². The average Bonchev–Trinajstić information content (AvgIpc) is 3.31. The molecule has 210 valence electrons. The van der Waals surface area contributed by atoms with E-state index in [1.807, 2.05) is 31.2 Å². The van der Waals surface area contributed by atoms with Gasteiger partial charge in [-0.25, -0.2) is 0 Å². The van der Waals surface area contributed by atoms with Gasteiger partial charge in [-0.15, -0.1) is 0 Å². The van der Waals surface area contributed by atoms with Crippen LogP contribution in [0.4, 0.5) is 0 Å². The molecule has 0 aromatic heterocycles. The summed E-state index contributed by atoms with van der Waals surface area (Å²) in [4.78, 5) is 15.7. The van der Waals surface area contributed by atoms with Crippen molar-refractivity contribution in [3.63, 3.8) is 0 Å². The van der Waals surface area contributed by atoms with Crippen LogP contribution in [0.1, 0.15) is 32.6 Å². The number of Topliss-reactive ketones (excluding diaryl/α,β-unsaturated/α-hetero) is 1. The van der Waals surface area contributed by atoms with Gasteiger partial charge in [0.05, 0.1) is 46.7 Å². The maximum absolute atomic E-state index is 13.5. The molecule has 40 heavy (non-hydrogen) atoms. The maximum Gasteiger partial charge on any atom is 0.232 e. The monoisotopic (exact) mass is 547 g/mol. The van der Waals surface area contributed by atoms with Gasteiger partial charge in [-0.1, -0.05) is 6.07 Å². The van der Waals surface area contributed by atoms with Gasteiger partial charge in [0.15, 0.2) is 28.8 Å². The summed E-state index contributed by atoms with van der Waals surface area (Å²) in [6.07, 6.45) is 2.48. The fourth-order valence-corrected chi connectivity index (χ4v) is 5.08. The lowest BCUT2D eigenvalue weighted by atomic mass is 9.98. The molecule has 0 aliphatic carbocycles. The molecule has 0 unspecified atom stereocenters. The molecule has 3 aromatic carbocycles. The molecule has 9 nitrogen and oxygen atoms in total. The number of allylic oxidation sites excluding steroid dienone is 1. The summed E-state index contributed by atoms with van der Waals surface area (Å²) in [5, 5.41) is 0. The zero-order valence-electron chi connectivity index (χ0n) is 23.6. The van der Waals surface area contributed by atoms with E-state index in [2.05, 4.69) is 4.90 Å². The molecular formula is C31H33NO8. The highest BCUT2D eigenvalue weighted by Gasteiger charge is 2.35. The van der Waals surface area contributed by atoms with E-state index < -0.39 is 0 Å². The van der Waals surface area contributed by atoms with E-state index in [-0.39, 0.29) is 11.5 Å². The number of carbonyl (C=O) groups is 1. The van der Waals surface area contributed by atoms with Crippen molar-refractivity contribution in [2.75, 3.05) is 48.8 Å². The Morgan fingerprint density at radius 2 is 1.57 bits per heavy atom. The first-order valence-corrected chi connectivity index (χ1v) is 12.9. The van der Waals surface area contributed by atoms with Crippen molar-refractivity contribution in [2.45, 2.75) is 19.9 Å². The first kappa shape index (κ1) is 27.2. The van der Waals surface area contributed by atoms with E-state index >= 15 is 0 Å². The van der Waals surface area contributed by atoms with Crippen LogP contribution in [0.2, 0.25) is 0 Å². The number of methoxy groups -OCH3 is 5. The molecule has 2 aliphatic rings.